The third-order valence-corrected chi connectivity index (χ3v) is 4.84. The van der Waals surface area contributed by atoms with Crippen molar-refractivity contribution in [1.29, 1.82) is 0 Å². The van der Waals surface area contributed by atoms with E-state index in [2.05, 4.69) is 15.3 Å². The third-order valence-electron chi connectivity index (χ3n) is 4.84. The Morgan fingerprint density at radius 2 is 1.76 bits per heavy atom. The lowest BCUT2D eigenvalue weighted by Crippen LogP contribution is -2.31. The molecule has 0 aliphatic carbocycles. The molecule has 1 aliphatic heterocycles. The highest BCUT2D eigenvalue weighted by Gasteiger charge is 2.21. The van der Waals surface area contributed by atoms with Gasteiger partial charge in [0.05, 0.1) is 19.9 Å². The summed E-state index contributed by atoms with van der Waals surface area (Å²) in [5.74, 6) is 1.03. The standard InChI is InChI=1S/C21H20F2N4O2/c1-28-18-9-13-6-8-27(12-14(13)10-19(18)29-2)21-24-7-5-20(26-21)25-17-4-3-15(22)11-16(17)23/h3-5,7,9-11H,6,8,12H2,1-2H3,(H,24,25,26). The monoisotopic (exact) mass is 398 g/mol. The smallest absolute Gasteiger partial charge is 0.227 e. The molecule has 0 radical (unpaired) electrons. The minimum absolute atomic E-state index is 0.150. The van der Waals surface area contributed by atoms with Gasteiger partial charge < -0.3 is 19.7 Å². The Morgan fingerprint density at radius 1 is 1.00 bits per heavy atom. The van der Waals surface area contributed by atoms with Crippen LogP contribution >= 0.6 is 0 Å². The Kier molecular flexibility index (Phi) is 5.16. The van der Waals surface area contributed by atoms with Gasteiger partial charge >= 0.3 is 0 Å². The fraction of sp³-hybridized carbons (Fsp3) is 0.238. The maximum Gasteiger partial charge on any atom is 0.227 e. The van der Waals surface area contributed by atoms with Crippen LogP contribution in [-0.4, -0.2) is 30.7 Å². The van der Waals surface area contributed by atoms with Gasteiger partial charge in [0, 0.05) is 25.4 Å². The molecule has 4 rings (SSSR count). The summed E-state index contributed by atoms with van der Waals surface area (Å²) in [7, 11) is 3.23. The molecule has 0 amide bonds. The summed E-state index contributed by atoms with van der Waals surface area (Å²) < 4.78 is 37.8. The molecule has 0 bridgehead atoms. The SMILES string of the molecule is COc1cc2c(cc1OC)CN(c1nccc(Nc3ccc(F)cc3F)n1)CC2. The third kappa shape index (κ3) is 3.91. The van der Waals surface area contributed by atoms with Crippen molar-refractivity contribution in [3.8, 4) is 11.5 Å². The molecule has 29 heavy (non-hydrogen) atoms. The molecule has 0 unspecified atom stereocenters. The Morgan fingerprint density at radius 3 is 2.48 bits per heavy atom. The highest BCUT2D eigenvalue weighted by Crippen LogP contribution is 2.34. The van der Waals surface area contributed by atoms with Gasteiger partial charge in [-0.1, -0.05) is 0 Å². The summed E-state index contributed by atoms with van der Waals surface area (Å²) in [5, 5.41) is 2.88. The van der Waals surface area contributed by atoms with Crippen molar-refractivity contribution >= 4 is 17.5 Å². The van der Waals surface area contributed by atoms with E-state index >= 15 is 0 Å². The van der Waals surface area contributed by atoms with Crippen LogP contribution in [0.2, 0.25) is 0 Å². The molecule has 1 aromatic heterocycles. The van der Waals surface area contributed by atoms with Crippen LogP contribution in [0, 0.1) is 11.6 Å². The van der Waals surface area contributed by atoms with E-state index in [1.165, 1.54) is 17.7 Å². The van der Waals surface area contributed by atoms with Gasteiger partial charge in [0.15, 0.2) is 11.5 Å². The second kappa shape index (κ2) is 7.90. The summed E-state index contributed by atoms with van der Waals surface area (Å²) in [6.07, 6.45) is 2.42. The maximum atomic E-state index is 13.9. The van der Waals surface area contributed by atoms with Gasteiger partial charge in [-0.2, -0.15) is 4.98 Å². The summed E-state index contributed by atoms with van der Waals surface area (Å²) >= 11 is 0. The van der Waals surface area contributed by atoms with E-state index in [0.29, 0.717) is 29.8 Å². The van der Waals surface area contributed by atoms with Gasteiger partial charge in [-0.25, -0.2) is 13.8 Å². The van der Waals surface area contributed by atoms with E-state index in [-0.39, 0.29) is 5.69 Å². The van der Waals surface area contributed by atoms with Crippen LogP contribution in [0.25, 0.3) is 0 Å². The minimum Gasteiger partial charge on any atom is -0.493 e. The van der Waals surface area contributed by atoms with Crippen molar-refractivity contribution in [2.45, 2.75) is 13.0 Å². The number of nitrogens with one attached hydrogen (secondary N) is 1. The lowest BCUT2D eigenvalue weighted by molar-refractivity contribution is 0.353. The van der Waals surface area contributed by atoms with Gasteiger partial charge in [0.1, 0.15) is 17.5 Å². The largest absolute Gasteiger partial charge is 0.493 e. The van der Waals surface area contributed by atoms with Crippen LogP contribution in [0.4, 0.5) is 26.2 Å². The quantitative estimate of drug-likeness (QED) is 0.699. The van der Waals surface area contributed by atoms with Crippen molar-refractivity contribution in [1.82, 2.24) is 9.97 Å². The van der Waals surface area contributed by atoms with E-state index in [1.54, 1.807) is 26.5 Å². The van der Waals surface area contributed by atoms with E-state index in [0.717, 1.165) is 24.6 Å². The summed E-state index contributed by atoms with van der Waals surface area (Å²) in [6.45, 7) is 1.35. The molecule has 0 fully saturated rings. The van der Waals surface area contributed by atoms with Crippen molar-refractivity contribution in [2.24, 2.45) is 0 Å². The van der Waals surface area contributed by atoms with Crippen molar-refractivity contribution in [3.05, 3.63) is 65.4 Å². The average Bonchev–Trinajstić information content (AvgIpc) is 2.74. The molecule has 0 atom stereocenters. The Labute approximate surface area is 167 Å². The Hall–Kier alpha value is -3.42. The fourth-order valence-electron chi connectivity index (χ4n) is 3.35. The first-order chi connectivity index (χ1) is 14.1. The molecule has 150 valence electrons. The van der Waals surface area contributed by atoms with Crippen molar-refractivity contribution in [2.75, 3.05) is 31.0 Å². The van der Waals surface area contributed by atoms with Gasteiger partial charge in [-0.15, -0.1) is 0 Å². The van der Waals surface area contributed by atoms with E-state index in [1.807, 2.05) is 17.0 Å². The van der Waals surface area contributed by atoms with Crippen LogP contribution in [0.5, 0.6) is 11.5 Å². The van der Waals surface area contributed by atoms with Crippen LogP contribution in [0.3, 0.4) is 0 Å². The summed E-state index contributed by atoms with van der Waals surface area (Å²) in [6, 6.07) is 8.96. The average molecular weight is 398 g/mol. The number of rotatable bonds is 5. The van der Waals surface area contributed by atoms with Crippen molar-refractivity contribution < 1.29 is 18.3 Å². The topological polar surface area (TPSA) is 59.5 Å². The molecule has 0 saturated heterocycles. The molecular weight excluding hydrogens is 378 g/mol. The molecule has 8 heteroatoms. The first-order valence-corrected chi connectivity index (χ1v) is 9.11. The zero-order valence-electron chi connectivity index (χ0n) is 16.1. The maximum absolute atomic E-state index is 13.9. The number of ether oxygens (including phenoxy) is 2. The Balaban J connectivity index is 1.56. The van der Waals surface area contributed by atoms with E-state index in [9.17, 15) is 8.78 Å². The summed E-state index contributed by atoms with van der Waals surface area (Å²) in [5.41, 5.74) is 2.46. The Bertz CT molecular complexity index is 1050. The number of anilines is 3. The molecular formula is C21H20F2N4O2. The predicted molar refractivity (Wildman–Crippen MR) is 106 cm³/mol. The molecule has 3 aromatic rings. The minimum atomic E-state index is -0.682. The van der Waals surface area contributed by atoms with Gasteiger partial charge in [-0.05, 0) is 47.9 Å². The number of hydrogen-bond acceptors (Lipinski definition) is 6. The molecule has 6 nitrogen and oxygen atoms in total. The number of halogens is 2. The number of fused-ring (bicyclic) bond motifs is 1. The van der Waals surface area contributed by atoms with E-state index in [4.69, 9.17) is 9.47 Å². The fourth-order valence-corrected chi connectivity index (χ4v) is 3.35. The molecule has 1 N–H and O–H groups in total. The van der Waals surface area contributed by atoms with Gasteiger partial charge in [0.2, 0.25) is 5.95 Å². The van der Waals surface area contributed by atoms with Gasteiger partial charge in [-0.3, -0.25) is 0 Å². The number of hydrogen-bond donors (Lipinski definition) is 1. The highest BCUT2D eigenvalue weighted by atomic mass is 19.1. The molecule has 0 saturated carbocycles. The highest BCUT2D eigenvalue weighted by molar-refractivity contribution is 5.58. The first-order valence-electron chi connectivity index (χ1n) is 9.11. The number of aromatic nitrogens is 2. The van der Waals surface area contributed by atoms with Crippen molar-refractivity contribution in [3.63, 3.8) is 0 Å². The van der Waals surface area contributed by atoms with Crippen LogP contribution < -0.4 is 19.7 Å². The van der Waals surface area contributed by atoms with Crippen LogP contribution in [0.15, 0.2) is 42.6 Å². The number of benzene rings is 2. The second-order valence-corrected chi connectivity index (χ2v) is 6.64. The summed E-state index contributed by atoms with van der Waals surface area (Å²) in [4.78, 5) is 10.9. The number of nitrogens with zero attached hydrogens (tertiary/aromatic N) is 3. The normalized spacial score (nSPS) is 13.0. The van der Waals surface area contributed by atoms with Gasteiger partial charge in [0.25, 0.3) is 0 Å². The molecule has 1 aliphatic rings. The predicted octanol–water partition coefficient (Wildman–Crippen LogP) is 4.08. The lowest BCUT2D eigenvalue weighted by Gasteiger charge is -2.29. The van der Waals surface area contributed by atoms with Crippen LogP contribution in [-0.2, 0) is 13.0 Å². The lowest BCUT2D eigenvalue weighted by atomic mass is 9.99. The van der Waals surface area contributed by atoms with E-state index < -0.39 is 11.6 Å². The number of methoxy groups -OCH3 is 2. The molecule has 0 spiro atoms. The zero-order valence-corrected chi connectivity index (χ0v) is 16.1. The van der Waals surface area contributed by atoms with Crippen LogP contribution in [0.1, 0.15) is 11.1 Å². The zero-order chi connectivity index (χ0) is 20.4. The molecule has 2 heterocycles. The first kappa shape index (κ1) is 18.9. The molecule has 2 aromatic carbocycles. The second-order valence-electron chi connectivity index (χ2n) is 6.64.